The summed E-state index contributed by atoms with van der Waals surface area (Å²) < 4.78 is 93.4. The number of hydrogen-bond donors (Lipinski definition) is 2. The normalized spacial score (nSPS) is 11.4. The van der Waals surface area contributed by atoms with Crippen molar-refractivity contribution in [2.45, 2.75) is 25.9 Å². The fraction of sp³-hybridized carbons (Fsp3) is 0.535. The first-order valence-corrected chi connectivity index (χ1v) is 20.1. The van der Waals surface area contributed by atoms with E-state index < -0.39 is 17.7 Å². The number of anilines is 3. The van der Waals surface area contributed by atoms with Crippen molar-refractivity contribution in [2.75, 3.05) is 136 Å². The van der Waals surface area contributed by atoms with Crippen LogP contribution in [0.5, 0.6) is 0 Å². The SMILES string of the molecule is CCCCNc1ccc(C(=O)OCCOCCOCCOCCOCCOCCOCCOCCOCCOC(=O)c2ccccc2Nc2cccc(C(F)(F)F)c2)cc1. The first kappa shape index (κ1) is 50.0. The van der Waals surface area contributed by atoms with Crippen LogP contribution in [-0.4, -0.2) is 137 Å². The number of alkyl halides is 3. The van der Waals surface area contributed by atoms with Crippen LogP contribution in [0.25, 0.3) is 0 Å². The van der Waals surface area contributed by atoms with Gasteiger partial charge in [0.2, 0.25) is 0 Å². The highest BCUT2D eigenvalue weighted by atomic mass is 19.4. The van der Waals surface area contributed by atoms with Crippen LogP contribution < -0.4 is 10.6 Å². The highest BCUT2D eigenvalue weighted by Crippen LogP contribution is 2.32. The van der Waals surface area contributed by atoms with Crippen LogP contribution >= 0.6 is 0 Å². The third-order valence-corrected chi connectivity index (χ3v) is 8.12. The molecule has 0 amide bonds. The van der Waals surface area contributed by atoms with Gasteiger partial charge in [0, 0.05) is 17.9 Å². The van der Waals surface area contributed by atoms with Crippen LogP contribution in [0.4, 0.5) is 30.2 Å². The van der Waals surface area contributed by atoms with Crippen molar-refractivity contribution in [3.63, 3.8) is 0 Å². The average Bonchev–Trinajstić information content (AvgIpc) is 3.24. The smallest absolute Gasteiger partial charge is 0.416 e. The molecule has 0 spiro atoms. The number of rotatable bonds is 35. The molecule has 0 atom stereocenters. The van der Waals surface area contributed by atoms with Gasteiger partial charge in [-0.25, -0.2) is 9.59 Å². The first-order valence-electron chi connectivity index (χ1n) is 20.1. The zero-order valence-electron chi connectivity index (χ0n) is 34.3. The molecule has 0 heterocycles. The molecule has 0 fully saturated rings. The monoisotopic (exact) mass is 852 g/mol. The molecule has 2 N–H and O–H groups in total. The van der Waals surface area contributed by atoms with Gasteiger partial charge in [0.25, 0.3) is 0 Å². The molecule has 14 nitrogen and oxygen atoms in total. The molecule has 0 aromatic heterocycles. The molecule has 0 unspecified atom stereocenters. The molecule has 0 radical (unpaired) electrons. The molecule has 0 aliphatic rings. The second-order valence-corrected chi connectivity index (χ2v) is 12.8. The summed E-state index contributed by atoms with van der Waals surface area (Å²) in [6.07, 6.45) is -2.27. The third-order valence-electron chi connectivity index (χ3n) is 8.12. The zero-order chi connectivity index (χ0) is 42.9. The average molecular weight is 853 g/mol. The number of unbranched alkanes of at least 4 members (excludes halogenated alkanes) is 1. The van der Waals surface area contributed by atoms with Crippen molar-refractivity contribution in [1.29, 1.82) is 0 Å². The minimum atomic E-state index is -4.48. The molecule has 0 aliphatic heterocycles. The van der Waals surface area contributed by atoms with Crippen molar-refractivity contribution in [3.05, 3.63) is 89.5 Å². The number of nitrogens with one attached hydrogen (secondary N) is 2. The van der Waals surface area contributed by atoms with Gasteiger partial charge in [-0.3, -0.25) is 0 Å². The van der Waals surface area contributed by atoms with E-state index in [9.17, 15) is 22.8 Å². The van der Waals surface area contributed by atoms with Gasteiger partial charge in [-0.1, -0.05) is 31.5 Å². The summed E-state index contributed by atoms with van der Waals surface area (Å²) in [5, 5.41) is 6.17. The van der Waals surface area contributed by atoms with Crippen molar-refractivity contribution in [1.82, 2.24) is 0 Å². The fourth-order valence-corrected chi connectivity index (χ4v) is 5.02. The van der Waals surface area contributed by atoms with Gasteiger partial charge in [-0.2, -0.15) is 13.2 Å². The van der Waals surface area contributed by atoms with Crippen molar-refractivity contribution in [3.8, 4) is 0 Å². The Balaban J connectivity index is 1.01. The predicted molar refractivity (Wildman–Crippen MR) is 218 cm³/mol. The molecule has 17 heteroatoms. The molecule has 3 rings (SSSR count). The van der Waals surface area contributed by atoms with Crippen LogP contribution in [0.3, 0.4) is 0 Å². The number of benzene rings is 3. The van der Waals surface area contributed by atoms with Crippen LogP contribution in [0.2, 0.25) is 0 Å². The molecular formula is C43H59F3N2O12. The topological polar surface area (TPSA) is 151 Å². The van der Waals surface area contributed by atoms with Crippen LogP contribution in [0.1, 0.15) is 46.0 Å². The quantitative estimate of drug-likeness (QED) is 0.0471. The Morgan fingerprint density at radius 2 is 0.967 bits per heavy atom. The van der Waals surface area contributed by atoms with Gasteiger partial charge >= 0.3 is 18.1 Å². The summed E-state index contributed by atoms with van der Waals surface area (Å²) in [4.78, 5) is 24.8. The van der Waals surface area contributed by atoms with Crippen molar-refractivity contribution < 1.29 is 70.1 Å². The molecule has 3 aromatic carbocycles. The lowest BCUT2D eigenvalue weighted by Gasteiger charge is -2.13. The van der Waals surface area contributed by atoms with Crippen molar-refractivity contribution in [2.24, 2.45) is 0 Å². The van der Waals surface area contributed by atoms with Gasteiger partial charge < -0.3 is 58.0 Å². The summed E-state index contributed by atoms with van der Waals surface area (Å²) in [6, 6.07) is 18.3. The van der Waals surface area contributed by atoms with E-state index in [0.29, 0.717) is 104 Å². The first-order chi connectivity index (χ1) is 29.3. The Morgan fingerprint density at radius 1 is 0.517 bits per heavy atom. The largest absolute Gasteiger partial charge is 0.460 e. The number of carbonyl (C=O) groups is 2. The molecule has 0 aliphatic carbocycles. The Labute approximate surface area is 350 Å². The van der Waals surface area contributed by atoms with Gasteiger partial charge in [0.15, 0.2) is 0 Å². The molecular weight excluding hydrogens is 793 g/mol. The standard InChI is InChI=1S/C43H59F3N2O12/c1-2-3-15-47-37-13-11-35(12-14-37)41(49)59-32-30-57-28-26-55-24-22-53-20-18-51-16-17-52-19-21-54-23-25-56-27-29-58-31-33-60-42(50)39-9-4-5-10-40(39)48-38-8-6-7-36(34-38)43(44,45)46/h4-14,34,47-48H,2-3,15-33H2,1H3. The lowest BCUT2D eigenvalue weighted by molar-refractivity contribution is -0.137. The number of hydrogen-bond acceptors (Lipinski definition) is 14. The van der Waals surface area contributed by atoms with Crippen LogP contribution in [-0.2, 0) is 53.5 Å². The number of carbonyl (C=O) groups excluding carboxylic acids is 2. The minimum absolute atomic E-state index is 0.00874. The predicted octanol–water partition coefficient (Wildman–Crippen LogP) is 6.81. The van der Waals surface area contributed by atoms with E-state index >= 15 is 0 Å². The van der Waals surface area contributed by atoms with Gasteiger partial charge in [0.05, 0.1) is 128 Å². The second-order valence-electron chi connectivity index (χ2n) is 12.8. The van der Waals surface area contributed by atoms with Crippen LogP contribution in [0, 0.1) is 0 Å². The van der Waals surface area contributed by atoms with Crippen LogP contribution in [0.15, 0.2) is 72.8 Å². The molecule has 334 valence electrons. The maximum absolute atomic E-state index is 13.1. The number of halogens is 3. The number of para-hydroxylation sites is 1. The lowest BCUT2D eigenvalue weighted by atomic mass is 10.1. The Hall–Kier alpha value is -4.33. The van der Waals surface area contributed by atoms with E-state index in [1.54, 1.807) is 30.3 Å². The maximum Gasteiger partial charge on any atom is 0.416 e. The summed E-state index contributed by atoms with van der Waals surface area (Å²) in [6.45, 7) is 9.28. The third kappa shape index (κ3) is 22.9. The highest BCUT2D eigenvalue weighted by molar-refractivity contribution is 5.96. The second kappa shape index (κ2) is 31.5. The van der Waals surface area contributed by atoms with E-state index in [0.717, 1.165) is 37.2 Å². The number of esters is 2. The lowest BCUT2D eigenvalue weighted by Crippen LogP contribution is -2.16. The summed E-state index contributed by atoms with van der Waals surface area (Å²) in [5.74, 6) is -1.01. The van der Waals surface area contributed by atoms with Gasteiger partial charge in [-0.15, -0.1) is 0 Å². The summed E-state index contributed by atoms with van der Waals surface area (Å²) in [7, 11) is 0. The molecule has 3 aromatic rings. The Bertz CT molecular complexity index is 1580. The molecule has 0 bridgehead atoms. The van der Waals surface area contributed by atoms with E-state index in [4.69, 9.17) is 47.4 Å². The highest BCUT2D eigenvalue weighted by Gasteiger charge is 2.30. The van der Waals surface area contributed by atoms with Crippen molar-refractivity contribution >= 4 is 29.0 Å². The summed E-state index contributed by atoms with van der Waals surface area (Å²) >= 11 is 0. The Kier molecular flexibility index (Phi) is 26.3. The molecule has 0 saturated heterocycles. The van der Waals surface area contributed by atoms with Gasteiger partial charge in [-0.05, 0) is 61.0 Å². The number of ether oxygens (including phenoxy) is 10. The molecule has 60 heavy (non-hydrogen) atoms. The fourth-order valence-electron chi connectivity index (χ4n) is 5.02. The minimum Gasteiger partial charge on any atom is -0.460 e. The van der Waals surface area contributed by atoms with E-state index in [-0.39, 0.29) is 43.6 Å². The summed E-state index contributed by atoms with van der Waals surface area (Å²) in [5.41, 5.74) is 1.37. The van der Waals surface area contributed by atoms with E-state index in [2.05, 4.69) is 17.6 Å². The van der Waals surface area contributed by atoms with E-state index in [1.807, 2.05) is 12.1 Å². The Morgan fingerprint density at radius 3 is 1.43 bits per heavy atom. The zero-order valence-corrected chi connectivity index (χ0v) is 34.3. The molecule has 0 saturated carbocycles. The van der Waals surface area contributed by atoms with E-state index in [1.165, 1.54) is 18.2 Å². The van der Waals surface area contributed by atoms with Gasteiger partial charge in [0.1, 0.15) is 13.2 Å². The maximum atomic E-state index is 13.1.